The summed E-state index contributed by atoms with van der Waals surface area (Å²) in [5.41, 5.74) is 0. The molecule has 63 heavy (non-hydrogen) atoms. The molecule has 0 N–H and O–H groups in total. The summed E-state index contributed by atoms with van der Waals surface area (Å²) in [4.78, 5) is 12.1. The normalized spacial score (nSPS) is 11.6. The molecule has 0 radical (unpaired) electrons. The molecule has 2 nitrogen and oxygen atoms in total. The zero-order chi connectivity index (χ0) is 45.3. The Morgan fingerprint density at radius 1 is 0.206 bits per heavy atom. The Labute approximate surface area is 400 Å². The molecule has 0 aromatic carbocycles. The fourth-order valence-corrected chi connectivity index (χ4v) is 9.97. The van der Waals surface area contributed by atoms with Crippen molar-refractivity contribution < 1.29 is 9.53 Å². The first kappa shape index (κ1) is 62.5. The molecule has 0 atom stereocenters. The maximum Gasteiger partial charge on any atom is 0.305 e. The van der Waals surface area contributed by atoms with Crippen LogP contribution in [0.15, 0.2) is 0 Å². The molecular weight excluding hydrogens is 765 g/mol. The van der Waals surface area contributed by atoms with Gasteiger partial charge < -0.3 is 4.74 Å². The molecule has 0 aromatic rings. The standard InChI is InChI=1S/C61H122O2/c1-3-5-7-9-11-13-15-17-19-21-23-25-27-29-30-31-32-33-34-36-38-40-42-44-46-48-50-52-54-56-58-60-63-61(62)59-57-55-53-51-49-47-45-43-41-39-37-35-28-26-24-22-20-18-16-14-12-10-8-6-4-2/h3-60H2,1-2H3. The van der Waals surface area contributed by atoms with E-state index in [1.165, 1.54) is 347 Å². The number of hydrogen-bond acceptors (Lipinski definition) is 2. The van der Waals surface area contributed by atoms with Crippen molar-refractivity contribution in [3.05, 3.63) is 0 Å². The van der Waals surface area contributed by atoms with Crippen molar-refractivity contribution in [2.24, 2.45) is 0 Å². The number of esters is 1. The van der Waals surface area contributed by atoms with Gasteiger partial charge in [-0.2, -0.15) is 0 Å². The smallest absolute Gasteiger partial charge is 0.305 e. The van der Waals surface area contributed by atoms with Crippen LogP contribution in [0.25, 0.3) is 0 Å². The van der Waals surface area contributed by atoms with E-state index >= 15 is 0 Å². The third-order valence-corrected chi connectivity index (χ3v) is 14.5. The summed E-state index contributed by atoms with van der Waals surface area (Å²) in [6.07, 6.45) is 80.2. The zero-order valence-electron chi connectivity index (χ0n) is 44.3. The summed E-state index contributed by atoms with van der Waals surface area (Å²) in [6.45, 7) is 5.25. The lowest BCUT2D eigenvalue weighted by Crippen LogP contribution is -2.05. The van der Waals surface area contributed by atoms with Crippen LogP contribution in [-0.4, -0.2) is 12.6 Å². The summed E-state index contributed by atoms with van der Waals surface area (Å²) >= 11 is 0. The molecule has 378 valence electrons. The van der Waals surface area contributed by atoms with Crippen LogP contribution in [0.2, 0.25) is 0 Å². The molecule has 0 spiro atoms. The lowest BCUT2D eigenvalue weighted by Gasteiger charge is -2.06. The lowest BCUT2D eigenvalue weighted by atomic mass is 10.0. The SMILES string of the molecule is CCCCCCCCCCCCCCCCCCCCCCCCCCCCCCCCCOC(=O)CCCCCCCCCCCCCCCCCCCCCCCCCCC. The number of hydrogen-bond donors (Lipinski definition) is 0. The Bertz CT molecular complexity index is 792. The monoisotopic (exact) mass is 887 g/mol. The maximum atomic E-state index is 12.1. The van der Waals surface area contributed by atoms with E-state index in [-0.39, 0.29) is 5.97 Å². The van der Waals surface area contributed by atoms with Gasteiger partial charge in [-0.25, -0.2) is 0 Å². The van der Waals surface area contributed by atoms with Gasteiger partial charge in [-0.15, -0.1) is 0 Å². The Hall–Kier alpha value is -0.530. The van der Waals surface area contributed by atoms with Crippen molar-refractivity contribution >= 4 is 5.97 Å². The van der Waals surface area contributed by atoms with Gasteiger partial charge in [-0.1, -0.05) is 361 Å². The molecule has 0 aliphatic rings. The predicted octanol–water partition coefficient (Wildman–Crippen LogP) is 22.8. The average molecular weight is 888 g/mol. The second kappa shape index (κ2) is 59.5. The molecule has 2 heteroatoms. The molecule has 0 bridgehead atoms. The highest BCUT2D eigenvalue weighted by Gasteiger charge is 2.03. The third kappa shape index (κ3) is 59.5. The highest BCUT2D eigenvalue weighted by Crippen LogP contribution is 2.19. The molecule has 0 saturated heterocycles. The van der Waals surface area contributed by atoms with Crippen LogP contribution in [0.4, 0.5) is 0 Å². The van der Waals surface area contributed by atoms with Crippen LogP contribution in [-0.2, 0) is 9.53 Å². The van der Waals surface area contributed by atoms with E-state index in [0.29, 0.717) is 13.0 Å². The minimum absolute atomic E-state index is 0.0367. The van der Waals surface area contributed by atoms with Gasteiger partial charge in [0.25, 0.3) is 0 Å². The van der Waals surface area contributed by atoms with Gasteiger partial charge in [0, 0.05) is 6.42 Å². The molecule has 0 fully saturated rings. The lowest BCUT2D eigenvalue weighted by molar-refractivity contribution is -0.143. The second-order valence-electron chi connectivity index (χ2n) is 21.1. The maximum absolute atomic E-state index is 12.1. The fraction of sp³-hybridized carbons (Fsp3) is 0.984. The van der Waals surface area contributed by atoms with E-state index in [9.17, 15) is 4.79 Å². The Balaban J connectivity index is 3.14. The molecule has 0 aromatic heterocycles. The Morgan fingerprint density at radius 3 is 0.524 bits per heavy atom. The second-order valence-corrected chi connectivity index (χ2v) is 21.1. The molecule has 0 aliphatic heterocycles. The number of carbonyl (C=O) groups is 1. The number of ether oxygens (including phenoxy) is 1. The molecule has 0 saturated carbocycles. The number of carbonyl (C=O) groups excluding carboxylic acids is 1. The number of rotatable bonds is 58. The highest BCUT2D eigenvalue weighted by atomic mass is 16.5. The summed E-state index contributed by atoms with van der Waals surface area (Å²) < 4.78 is 5.52. The summed E-state index contributed by atoms with van der Waals surface area (Å²) in [7, 11) is 0. The van der Waals surface area contributed by atoms with Crippen molar-refractivity contribution in [1.29, 1.82) is 0 Å². The van der Waals surface area contributed by atoms with Gasteiger partial charge in [0.1, 0.15) is 0 Å². The van der Waals surface area contributed by atoms with Crippen molar-refractivity contribution in [1.82, 2.24) is 0 Å². The summed E-state index contributed by atoms with van der Waals surface area (Å²) in [5, 5.41) is 0. The van der Waals surface area contributed by atoms with Crippen molar-refractivity contribution in [2.45, 2.75) is 380 Å². The molecule has 0 amide bonds. The molecule has 0 aliphatic carbocycles. The van der Waals surface area contributed by atoms with Crippen molar-refractivity contribution in [3.8, 4) is 0 Å². The molecule has 0 heterocycles. The molecule has 0 rings (SSSR count). The largest absolute Gasteiger partial charge is 0.466 e. The topological polar surface area (TPSA) is 26.3 Å². The van der Waals surface area contributed by atoms with Gasteiger partial charge in [0.15, 0.2) is 0 Å². The first-order chi connectivity index (χ1) is 31.3. The Kier molecular flexibility index (Phi) is 59.0. The minimum atomic E-state index is 0.0367. The summed E-state index contributed by atoms with van der Waals surface area (Å²) in [5.74, 6) is 0.0367. The first-order valence-corrected chi connectivity index (χ1v) is 30.5. The highest BCUT2D eigenvalue weighted by molar-refractivity contribution is 5.69. The van der Waals surface area contributed by atoms with Crippen LogP contribution in [0.3, 0.4) is 0 Å². The van der Waals surface area contributed by atoms with Crippen molar-refractivity contribution in [2.75, 3.05) is 6.61 Å². The van der Waals surface area contributed by atoms with E-state index in [1.54, 1.807) is 0 Å². The van der Waals surface area contributed by atoms with Gasteiger partial charge in [0.2, 0.25) is 0 Å². The van der Waals surface area contributed by atoms with E-state index in [4.69, 9.17) is 4.74 Å². The fourth-order valence-electron chi connectivity index (χ4n) is 9.97. The first-order valence-electron chi connectivity index (χ1n) is 30.5. The van der Waals surface area contributed by atoms with Crippen LogP contribution >= 0.6 is 0 Å². The van der Waals surface area contributed by atoms with Crippen LogP contribution in [0.1, 0.15) is 380 Å². The van der Waals surface area contributed by atoms with E-state index in [0.717, 1.165) is 12.8 Å². The predicted molar refractivity (Wildman–Crippen MR) is 285 cm³/mol. The van der Waals surface area contributed by atoms with Crippen molar-refractivity contribution in [3.63, 3.8) is 0 Å². The quantitative estimate of drug-likeness (QED) is 0.0449. The third-order valence-electron chi connectivity index (χ3n) is 14.5. The van der Waals surface area contributed by atoms with Crippen LogP contribution < -0.4 is 0 Å². The van der Waals surface area contributed by atoms with Gasteiger partial charge in [0.05, 0.1) is 6.61 Å². The Morgan fingerprint density at radius 2 is 0.349 bits per heavy atom. The number of unbranched alkanes of at least 4 members (excludes halogenated alkanes) is 54. The van der Waals surface area contributed by atoms with Gasteiger partial charge in [-0.05, 0) is 12.8 Å². The average Bonchev–Trinajstić information content (AvgIpc) is 3.29. The zero-order valence-corrected chi connectivity index (χ0v) is 44.3. The van der Waals surface area contributed by atoms with E-state index in [1.807, 2.05) is 0 Å². The molecular formula is C61H122O2. The van der Waals surface area contributed by atoms with Gasteiger partial charge >= 0.3 is 5.97 Å². The van der Waals surface area contributed by atoms with Gasteiger partial charge in [-0.3, -0.25) is 4.79 Å². The molecule has 0 unspecified atom stereocenters. The summed E-state index contributed by atoms with van der Waals surface area (Å²) in [6, 6.07) is 0. The van der Waals surface area contributed by atoms with Crippen LogP contribution in [0.5, 0.6) is 0 Å². The van der Waals surface area contributed by atoms with E-state index in [2.05, 4.69) is 13.8 Å². The van der Waals surface area contributed by atoms with E-state index < -0.39 is 0 Å². The van der Waals surface area contributed by atoms with Crippen LogP contribution in [0, 0.1) is 0 Å². The minimum Gasteiger partial charge on any atom is -0.466 e.